The van der Waals surface area contributed by atoms with Gasteiger partial charge < -0.3 is 0 Å². The maximum atomic E-state index is 9.98. The monoisotopic (exact) mass is 100 g/mol. The van der Waals surface area contributed by atoms with Crippen molar-refractivity contribution in [3.8, 4) is 0 Å². The van der Waals surface area contributed by atoms with E-state index in [4.69, 9.17) is 0 Å². The molecule has 0 aliphatic carbocycles. The third-order valence-electron chi connectivity index (χ3n) is 0.351. The molecule has 7 heavy (non-hydrogen) atoms. The Labute approximate surface area is 42.4 Å². The summed E-state index contributed by atoms with van der Waals surface area (Å²) in [5.74, 6) is -0.141. The summed E-state index contributed by atoms with van der Waals surface area (Å²) in [6, 6.07) is 0. The summed E-state index contributed by atoms with van der Waals surface area (Å²) in [5.41, 5.74) is 2.23. The molecule has 0 aliphatic rings. The van der Waals surface area contributed by atoms with E-state index in [0.29, 0.717) is 0 Å². The predicted molar refractivity (Wildman–Crippen MR) is 28.0 cm³/mol. The zero-order valence-electron chi connectivity index (χ0n) is 4.43. The number of nitrogens with zero attached hydrogens (tertiary/aromatic N) is 1. The molecule has 0 saturated heterocycles. The lowest BCUT2D eigenvalue weighted by Crippen LogP contribution is -2.11. The molecule has 1 amide bonds. The fourth-order valence-corrected chi connectivity index (χ4v) is 0.155. The van der Waals surface area contributed by atoms with Crippen molar-refractivity contribution in [2.24, 2.45) is 5.10 Å². The minimum Gasteiger partial charge on any atom is -0.274 e. The highest BCUT2D eigenvalue weighted by atomic mass is 16.2. The topological polar surface area (TPSA) is 41.5 Å². The van der Waals surface area contributed by atoms with Crippen molar-refractivity contribution in [2.45, 2.75) is 13.8 Å². The molecule has 0 aliphatic heterocycles. The van der Waals surface area contributed by atoms with Crippen molar-refractivity contribution in [1.29, 1.82) is 0 Å². The van der Waals surface area contributed by atoms with Gasteiger partial charge in [0, 0.05) is 13.1 Å². The van der Waals surface area contributed by atoms with Crippen LogP contribution in [0, 0.1) is 0 Å². The molecule has 0 radical (unpaired) electrons. The maximum Gasteiger partial charge on any atom is 0.236 e. The van der Waals surface area contributed by atoms with Gasteiger partial charge in [0.1, 0.15) is 0 Å². The Morgan fingerprint density at radius 3 is 2.57 bits per heavy atom. The van der Waals surface area contributed by atoms with Gasteiger partial charge in [-0.1, -0.05) is 0 Å². The fourth-order valence-electron chi connectivity index (χ4n) is 0.155. The van der Waals surface area contributed by atoms with E-state index in [2.05, 4.69) is 10.5 Å². The Morgan fingerprint density at radius 2 is 2.43 bits per heavy atom. The molecule has 0 unspecified atom stereocenters. The van der Waals surface area contributed by atoms with E-state index in [1.807, 2.05) is 0 Å². The van der Waals surface area contributed by atoms with E-state index in [9.17, 15) is 4.79 Å². The van der Waals surface area contributed by atoms with Gasteiger partial charge in [-0.05, 0) is 6.92 Å². The zero-order valence-corrected chi connectivity index (χ0v) is 4.43. The minimum atomic E-state index is -0.141. The van der Waals surface area contributed by atoms with Crippen LogP contribution in [0.15, 0.2) is 5.10 Å². The Bertz CT molecular complexity index is 87.7. The maximum absolute atomic E-state index is 9.98. The normalized spacial score (nSPS) is 9.43. The summed E-state index contributed by atoms with van der Waals surface area (Å²) in [4.78, 5) is 9.98. The van der Waals surface area contributed by atoms with Crippen LogP contribution in [0.5, 0.6) is 0 Å². The van der Waals surface area contributed by atoms with Crippen LogP contribution in [-0.4, -0.2) is 12.1 Å². The first-order chi connectivity index (χ1) is 3.27. The Kier molecular flexibility index (Phi) is 2.92. The van der Waals surface area contributed by atoms with E-state index >= 15 is 0 Å². The molecule has 0 aromatic heterocycles. The first kappa shape index (κ1) is 6.14. The van der Waals surface area contributed by atoms with E-state index in [1.54, 1.807) is 6.92 Å². The van der Waals surface area contributed by atoms with Crippen LogP contribution < -0.4 is 5.43 Å². The van der Waals surface area contributed by atoms with Crippen molar-refractivity contribution in [3.63, 3.8) is 0 Å². The molecule has 0 bridgehead atoms. The van der Waals surface area contributed by atoms with Gasteiger partial charge in [-0.15, -0.1) is 0 Å². The van der Waals surface area contributed by atoms with Crippen LogP contribution in [0.2, 0.25) is 0 Å². The third-order valence-corrected chi connectivity index (χ3v) is 0.351. The lowest BCUT2D eigenvalue weighted by atomic mass is 10.8. The van der Waals surface area contributed by atoms with Crippen molar-refractivity contribution < 1.29 is 4.79 Å². The molecular formula is C4H8N2O. The van der Waals surface area contributed by atoms with Gasteiger partial charge in [0.05, 0.1) is 0 Å². The smallest absolute Gasteiger partial charge is 0.236 e. The summed E-state index contributed by atoms with van der Waals surface area (Å²) in [6.45, 7) is 3.14. The fraction of sp³-hybridized carbons (Fsp3) is 0.500. The minimum absolute atomic E-state index is 0.141. The van der Waals surface area contributed by atoms with Gasteiger partial charge in [0.2, 0.25) is 5.91 Å². The average molecular weight is 100 g/mol. The van der Waals surface area contributed by atoms with Crippen molar-refractivity contribution in [2.75, 3.05) is 0 Å². The summed E-state index contributed by atoms with van der Waals surface area (Å²) in [7, 11) is 0. The number of carbonyl (C=O) groups is 1. The number of carbonyl (C=O) groups excluding carboxylic acids is 1. The Morgan fingerprint density at radius 1 is 1.86 bits per heavy atom. The largest absolute Gasteiger partial charge is 0.274 e. The molecule has 40 valence electrons. The van der Waals surface area contributed by atoms with Crippen LogP contribution in [0.4, 0.5) is 0 Å². The van der Waals surface area contributed by atoms with Crippen molar-refractivity contribution >= 4 is 12.1 Å². The lowest BCUT2D eigenvalue weighted by Gasteiger charge is -1.84. The van der Waals surface area contributed by atoms with Crippen LogP contribution in [0.1, 0.15) is 13.8 Å². The van der Waals surface area contributed by atoms with Crippen molar-refractivity contribution in [1.82, 2.24) is 5.43 Å². The van der Waals surface area contributed by atoms with E-state index in [1.165, 1.54) is 13.1 Å². The SMILES string of the molecule is C/C=N/NC(C)=O. The molecule has 0 heterocycles. The van der Waals surface area contributed by atoms with E-state index in [0.717, 1.165) is 0 Å². The average Bonchev–Trinajstić information content (AvgIpc) is 1.61. The van der Waals surface area contributed by atoms with Gasteiger partial charge in [-0.25, -0.2) is 5.43 Å². The van der Waals surface area contributed by atoms with Gasteiger partial charge >= 0.3 is 0 Å². The van der Waals surface area contributed by atoms with Crippen molar-refractivity contribution in [3.05, 3.63) is 0 Å². The van der Waals surface area contributed by atoms with Gasteiger partial charge in [0.15, 0.2) is 0 Å². The second kappa shape index (κ2) is 3.33. The first-order valence-electron chi connectivity index (χ1n) is 2.01. The van der Waals surface area contributed by atoms with E-state index in [-0.39, 0.29) is 5.91 Å². The number of hydrazone groups is 1. The van der Waals surface area contributed by atoms with Crippen LogP contribution >= 0.6 is 0 Å². The predicted octanol–water partition coefficient (Wildman–Crippen LogP) is 0.128. The molecule has 0 aromatic carbocycles. The number of hydrogen-bond acceptors (Lipinski definition) is 2. The molecule has 0 fully saturated rings. The van der Waals surface area contributed by atoms with Crippen LogP contribution in [0.3, 0.4) is 0 Å². The second-order valence-corrected chi connectivity index (χ2v) is 1.06. The molecule has 0 aromatic rings. The van der Waals surface area contributed by atoms with Crippen LogP contribution in [-0.2, 0) is 4.79 Å². The van der Waals surface area contributed by atoms with E-state index < -0.39 is 0 Å². The molecule has 0 spiro atoms. The highest BCUT2D eigenvalue weighted by Gasteiger charge is 1.78. The molecule has 0 rings (SSSR count). The number of hydrogen-bond donors (Lipinski definition) is 1. The molecule has 0 atom stereocenters. The zero-order chi connectivity index (χ0) is 5.70. The molecule has 3 heteroatoms. The molecule has 1 N–H and O–H groups in total. The molecular weight excluding hydrogens is 92.1 g/mol. The Hall–Kier alpha value is -0.860. The number of amides is 1. The van der Waals surface area contributed by atoms with Gasteiger partial charge in [-0.3, -0.25) is 4.79 Å². The van der Waals surface area contributed by atoms with Gasteiger partial charge in [-0.2, -0.15) is 5.10 Å². The highest BCUT2D eigenvalue weighted by Crippen LogP contribution is 1.56. The lowest BCUT2D eigenvalue weighted by molar-refractivity contribution is -0.118. The summed E-state index contributed by atoms with van der Waals surface area (Å²) in [6.07, 6.45) is 1.52. The second-order valence-electron chi connectivity index (χ2n) is 1.06. The quantitative estimate of drug-likeness (QED) is 0.369. The van der Waals surface area contributed by atoms with Gasteiger partial charge in [0.25, 0.3) is 0 Å². The highest BCUT2D eigenvalue weighted by molar-refractivity contribution is 5.73. The summed E-state index contributed by atoms with van der Waals surface area (Å²) < 4.78 is 0. The summed E-state index contributed by atoms with van der Waals surface area (Å²) >= 11 is 0. The summed E-state index contributed by atoms with van der Waals surface area (Å²) in [5, 5.41) is 3.45. The molecule has 3 nitrogen and oxygen atoms in total. The standard InChI is InChI=1S/C4H8N2O/c1-3-5-6-4(2)7/h3H,1-2H3,(H,6,7)/b5-3+. The first-order valence-corrected chi connectivity index (χ1v) is 2.01. The third kappa shape index (κ3) is 5.14. The number of rotatable bonds is 1. The Balaban J connectivity index is 3.14. The number of nitrogens with one attached hydrogen (secondary N) is 1. The molecule has 0 saturated carbocycles. The van der Waals surface area contributed by atoms with Crippen LogP contribution in [0.25, 0.3) is 0 Å².